The highest BCUT2D eigenvalue weighted by atomic mass is 16.7. The van der Waals surface area contributed by atoms with E-state index in [9.17, 15) is 9.59 Å². The summed E-state index contributed by atoms with van der Waals surface area (Å²) < 4.78 is 0. The summed E-state index contributed by atoms with van der Waals surface area (Å²) in [5.74, 6) is -1.49. The van der Waals surface area contributed by atoms with Crippen LogP contribution in [0.1, 0.15) is 19.4 Å². The minimum absolute atomic E-state index is 0.277. The van der Waals surface area contributed by atoms with Gasteiger partial charge in [-0.2, -0.15) is 5.06 Å². The molecule has 2 aromatic carbocycles. The maximum atomic E-state index is 12.4. The number of hydrogen-bond acceptors (Lipinski definition) is 3. The third-order valence-electron chi connectivity index (χ3n) is 3.27. The van der Waals surface area contributed by atoms with Gasteiger partial charge in [-0.1, -0.05) is 43.3 Å². The molecule has 0 spiro atoms. The van der Waals surface area contributed by atoms with Crippen molar-refractivity contribution in [1.29, 1.82) is 0 Å². The molecule has 0 fully saturated rings. The molecule has 2 aromatic rings. The number of rotatable bonds is 5. The van der Waals surface area contributed by atoms with E-state index in [0.29, 0.717) is 11.4 Å². The van der Waals surface area contributed by atoms with Crippen LogP contribution in [0.15, 0.2) is 54.6 Å². The molecule has 5 heteroatoms. The summed E-state index contributed by atoms with van der Waals surface area (Å²) in [6.07, 6.45) is 0.762. The third-order valence-corrected chi connectivity index (χ3v) is 3.27. The largest absolute Gasteiger partial charge is 0.340 e. The molecule has 0 saturated heterocycles. The van der Waals surface area contributed by atoms with Crippen LogP contribution < -0.4 is 10.4 Å². The molecule has 0 bridgehead atoms. The Morgan fingerprint density at radius 1 is 1.00 bits per heavy atom. The molecule has 2 rings (SSSR count). The number of anilines is 2. The molecule has 0 aliphatic rings. The van der Waals surface area contributed by atoms with Gasteiger partial charge in [0.2, 0.25) is 0 Å². The first-order valence-electron chi connectivity index (χ1n) is 7.58. The molecule has 0 aromatic heterocycles. The first kappa shape index (κ1) is 16.7. The van der Waals surface area contributed by atoms with Gasteiger partial charge in [0.05, 0.1) is 12.3 Å². The second kappa shape index (κ2) is 8.10. The van der Waals surface area contributed by atoms with Gasteiger partial charge in [-0.05, 0) is 37.1 Å². The fraction of sp³-hybridized carbons (Fsp3) is 0.222. The van der Waals surface area contributed by atoms with Crippen LogP contribution in [0, 0.1) is 0 Å². The van der Waals surface area contributed by atoms with E-state index in [1.165, 1.54) is 0 Å². The van der Waals surface area contributed by atoms with Gasteiger partial charge in [0.25, 0.3) is 0 Å². The Kier molecular flexibility index (Phi) is 5.88. The maximum Gasteiger partial charge on any atom is 0.340 e. The summed E-state index contributed by atoms with van der Waals surface area (Å²) in [5.41, 5.74) is 2.12. The fourth-order valence-corrected chi connectivity index (χ4v) is 2.16. The van der Waals surface area contributed by atoms with Crippen molar-refractivity contribution in [2.75, 3.05) is 17.0 Å². The van der Waals surface area contributed by atoms with Crippen molar-refractivity contribution < 1.29 is 14.4 Å². The van der Waals surface area contributed by atoms with E-state index in [-0.39, 0.29) is 6.61 Å². The Morgan fingerprint density at radius 3 is 2.30 bits per heavy atom. The molecule has 2 amide bonds. The molecule has 5 nitrogen and oxygen atoms in total. The quantitative estimate of drug-likeness (QED) is 0.681. The van der Waals surface area contributed by atoms with Crippen LogP contribution in [0.25, 0.3) is 0 Å². The van der Waals surface area contributed by atoms with Crippen molar-refractivity contribution in [2.45, 2.75) is 20.3 Å². The van der Waals surface area contributed by atoms with E-state index in [0.717, 1.165) is 17.0 Å². The number of nitrogens with one attached hydrogen (secondary N) is 1. The smallest absolute Gasteiger partial charge is 0.317 e. The Hall–Kier alpha value is -2.66. The molecule has 1 N–H and O–H groups in total. The zero-order valence-electron chi connectivity index (χ0n) is 13.3. The molecular formula is C18H20N2O3. The number of hydroxylamine groups is 1. The highest BCUT2D eigenvalue weighted by Crippen LogP contribution is 2.17. The van der Waals surface area contributed by atoms with Crippen molar-refractivity contribution in [1.82, 2.24) is 0 Å². The van der Waals surface area contributed by atoms with Gasteiger partial charge in [-0.25, -0.2) is 0 Å². The van der Waals surface area contributed by atoms with Crippen LogP contribution in [-0.2, 0) is 20.8 Å². The first-order chi connectivity index (χ1) is 11.2. The number of amides is 2. The fourth-order valence-electron chi connectivity index (χ4n) is 2.16. The molecule has 0 atom stereocenters. The van der Waals surface area contributed by atoms with E-state index in [1.807, 2.05) is 31.2 Å². The van der Waals surface area contributed by atoms with Gasteiger partial charge < -0.3 is 5.32 Å². The van der Waals surface area contributed by atoms with Crippen LogP contribution >= 0.6 is 0 Å². The number of carbonyl (C=O) groups excluding carboxylic acids is 2. The monoisotopic (exact) mass is 312 g/mol. The molecule has 0 unspecified atom stereocenters. The van der Waals surface area contributed by atoms with Crippen molar-refractivity contribution in [2.24, 2.45) is 0 Å². The molecule has 0 radical (unpaired) electrons. The lowest BCUT2D eigenvalue weighted by atomic mass is 10.1. The van der Waals surface area contributed by atoms with Gasteiger partial charge in [0, 0.05) is 5.69 Å². The summed E-state index contributed by atoms with van der Waals surface area (Å²) in [7, 11) is 0. The Bertz CT molecular complexity index is 671. The van der Waals surface area contributed by atoms with Gasteiger partial charge in [-0.3, -0.25) is 14.4 Å². The maximum absolute atomic E-state index is 12.4. The molecule has 0 aliphatic carbocycles. The molecular weight excluding hydrogens is 292 g/mol. The summed E-state index contributed by atoms with van der Waals surface area (Å²) in [4.78, 5) is 30.0. The number of nitrogens with zero attached hydrogens (tertiary/aromatic N) is 1. The molecule has 23 heavy (non-hydrogen) atoms. The predicted octanol–water partition coefficient (Wildman–Crippen LogP) is 3.17. The summed E-state index contributed by atoms with van der Waals surface area (Å²) in [6.45, 7) is 4.02. The molecule has 0 aliphatic heterocycles. The van der Waals surface area contributed by atoms with E-state index in [2.05, 4.69) is 5.32 Å². The van der Waals surface area contributed by atoms with Gasteiger partial charge >= 0.3 is 11.8 Å². The van der Waals surface area contributed by atoms with E-state index in [4.69, 9.17) is 4.84 Å². The van der Waals surface area contributed by atoms with Crippen molar-refractivity contribution in [3.05, 3.63) is 60.2 Å². The standard InChI is InChI=1S/C18H20N2O3/c1-3-14-10-8-9-13-16(14)19-17(21)18(22)20(23-4-2)15-11-6-5-7-12-15/h5-13H,3-4H2,1-2H3,(H,19,21). The lowest BCUT2D eigenvalue weighted by Crippen LogP contribution is -2.40. The number of hydrogen-bond donors (Lipinski definition) is 1. The topological polar surface area (TPSA) is 58.6 Å². The zero-order chi connectivity index (χ0) is 16.7. The molecule has 0 heterocycles. The number of benzene rings is 2. The Labute approximate surface area is 135 Å². The van der Waals surface area contributed by atoms with E-state index in [1.54, 1.807) is 37.3 Å². The van der Waals surface area contributed by atoms with Crippen LogP contribution in [-0.4, -0.2) is 18.4 Å². The molecule has 120 valence electrons. The first-order valence-corrected chi connectivity index (χ1v) is 7.58. The summed E-state index contributed by atoms with van der Waals surface area (Å²) in [5, 5.41) is 3.68. The van der Waals surface area contributed by atoms with E-state index >= 15 is 0 Å². The average Bonchev–Trinajstić information content (AvgIpc) is 2.60. The SMILES string of the molecule is CCON(C(=O)C(=O)Nc1ccccc1CC)c1ccccc1. The number of para-hydroxylation sites is 2. The predicted molar refractivity (Wildman–Crippen MR) is 90.0 cm³/mol. The van der Waals surface area contributed by atoms with Crippen LogP contribution in [0.3, 0.4) is 0 Å². The van der Waals surface area contributed by atoms with Crippen LogP contribution in [0.2, 0.25) is 0 Å². The van der Waals surface area contributed by atoms with Crippen LogP contribution in [0.4, 0.5) is 11.4 Å². The Balaban J connectivity index is 2.18. The highest BCUT2D eigenvalue weighted by Gasteiger charge is 2.24. The summed E-state index contributed by atoms with van der Waals surface area (Å²) >= 11 is 0. The third kappa shape index (κ3) is 4.17. The van der Waals surface area contributed by atoms with E-state index < -0.39 is 11.8 Å². The second-order valence-electron chi connectivity index (χ2n) is 4.82. The van der Waals surface area contributed by atoms with Crippen molar-refractivity contribution in [3.8, 4) is 0 Å². The van der Waals surface area contributed by atoms with Gasteiger partial charge in [0.1, 0.15) is 0 Å². The lowest BCUT2D eigenvalue weighted by molar-refractivity contribution is -0.139. The minimum Gasteiger partial charge on any atom is -0.317 e. The van der Waals surface area contributed by atoms with Gasteiger partial charge in [0.15, 0.2) is 0 Å². The summed E-state index contributed by atoms with van der Waals surface area (Å²) in [6, 6.07) is 16.2. The highest BCUT2D eigenvalue weighted by molar-refractivity contribution is 6.43. The normalized spacial score (nSPS) is 10.2. The van der Waals surface area contributed by atoms with Crippen LogP contribution in [0.5, 0.6) is 0 Å². The average molecular weight is 312 g/mol. The van der Waals surface area contributed by atoms with Gasteiger partial charge in [-0.15, -0.1) is 0 Å². The number of aryl methyl sites for hydroxylation is 1. The minimum atomic E-state index is -0.760. The molecule has 0 saturated carbocycles. The lowest BCUT2D eigenvalue weighted by Gasteiger charge is -2.20. The zero-order valence-corrected chi connectivity index (χ0v) is 13.3. The number of carbonyl (C=O) groups is 2. The second-order valence-corrected chi connectivity index (χ2v) is 4.82. The Morgan fingerprint density at radius 2 is 1.65 bits per heavy atom. The van der Waals surface area contributed by atoms with Crippen molar-refractivity contribution >= 4 is 23.2 Å². The van der Waals surface area contributed by atoms with Crippen molar-refractivity contribution in [3.63, 3.8) is 0 Å².